The summed E-state index contributed by atoms with van der Waals surface area (Å²) < 4.78 is 27.6. The van der Waals surface area contributed by atoms with Gasteiger partial charge in [-0.1, -0.05) is 23.7 Å². The van der Waals surface area contributed by atoms with Crippen LogP contribution in [0, 0.1) is 0 Å². The summed E-state index contributed by atoms with van der Waals surface area (Å²) in [6.45, 7) is 2.60. The summed E-state index contributed by atoms with van der Waals surface area (Å²) in [6, 6.07) is 21.2. The summed E-state index contributed by atoms with van der Waals surface area (Å²) in [5.74, 6) is 1.41. The fourth-order valence-corrected chi connectivity index (χ4v) is 6.20. The van der Waals surface area contributed by atoms with Gasteiger partial charge in [0.1, 0.15) is 0 Å². The van der Waals surface area contributed by atoms with Crippen molar-refractivity contribution in [1.29, 1.82) is 0 Å². The van der Waals surface area contributed by atoms with E-state index in [-0.39, 0.29) is 17.3 Å². The predicted octanol–water partition coefficient (Wildman–Crippen LogP) is 5.94. The standard InChI is InChI=1S/C25H27ClN2O3S3/c1-3-28(34(30,31)24-13-11-23(32-2)12-14-24)22-9-7-20(8-10-22)25(29)27-15-16-33-18-19-5-4-6-21(26)17-19/h4-14,17H,3,15-16,18H2,1-2H3,(H,27,29). The van der Waals surface area contributed by atoms with Crippen LogP contribution in [0.25, 0.3) is 0 Å². The van der Waals surface area contributed by atoms with Crippen molar-refractivity contribution in [1.82, 2.24) is 5.32 Å². The number of thioether (sulfide) groups is 2. The Bertz CT molecular complexity index is 1200. The van der Waals surface area contributed by atoms with Crippen molar-refractivity contribution in [2.75, 3.05) is 29.4 Å². The second-order valence-corrected chi connectivity index (χ2v) is 11.6. The molecule has 180 valence electrons. The number of anilines is 1. The van der Waals surface area contributed by atoms with Crippen LogP contribution < -0.4 is 9.62 Å². The van der Waals surface area contributed by atoms with Gasteiger partial charge in [-0.2, -0.15) is 11.8 Å². The van der Waals surface area contributed by atoms with Crippen LogP contribution >= 0.6 is 35.1 Å². The molecule has 0 saturated carbocycles. The molecule has 0 unspecified atom stereocenters. The highest BCUT2D eigenvalue weighted by molar-refractivity contribution is 7.98. The van der Waals surface area contributed by atoms with Crippen molar-refractivity contribution in [3.63, 3.8) is 0 Å². The Morgan fingerprint density at radius 2 is 1.74 bits per heavy atom. The van der Waals surface area contributed by atoms with Crippen molar-refractivity contribution in [2.45, 2.75) is 22.5 Å². The van der Waals surface area contributed by atoms with Crippen LogP contribution in [-0.2, 0) is 15.8 Å². The fraction of sp³-hybridized carbons (Fsp3) is 0.240. The van der Waals surface area contributed by atoms with Crippen LogP contribution in [0.2, 0.25) is 5.02 Å². The van der Waals surface area contributed by atoms with Gasteiger partial charge in [0.15, 0.2) is 0 Å². The van der Waals surface area contributed by atoms with Crippen LogP contribution in [-0.4, -0.2) is 39.4 Å². The topological polar surface area (TPSA) is 66.5 Å². The van der Waals surface area contributed by atoms with Crippen LogP contribution in [0.15, 0.2) is 82.6 Å². The number of hydrogen-bond donors (Lipinski definition) is 1. The van der Waals surface area contributed by atoms with Crippen LogP contribution in [0.5, 0.6) is 0 Å². The first-order valence-electron chi connectivity index (χ1n) is 10.7. The Kier molecular flexibility index (Phi) is 9.76. The van der Waals surface area contributed by atoms with Gasteiger partial charge in [-0.05, 0) is 79.4 Å². The number of nitrogens with zero attached hydrogens (tertiary/aromatic N) is 1. The van der Waals surface area contributed by atoms with E-state index in [1.807, 2.05) is 30.5 Å². The summed E-state index contributed by atoms with van der Waals surface area (Å²) in [5.41, 5.74) is 2.15. The molecule has 0 heterocycles. The van der Waals surface area contributed by atoms with Gasteiger partial charge in [-0.25, -0.2) is 8.42 Å². The monoisotopic (exact) mass is 534 g/mol. The lowest BCUT2D eigenvalue weighted by Gasteiger charge is -2.23. The lowest BCUT2D eigenvalue weighted by molar-refractivity contribution is 0.0956. The Labute approximate surface area is 215 Å². The molecule has 3 rings (SSSR count). The minimum atomic E-state index is -3.70. The van der Waals surface area contributed by atoms with Gasteiger partial charge in [0.2, 0.25) is 0 Å². The van der Waals surface area contributed by atoms with Gasteiger partial charge < -0.3 is 5.32 Å². The lowest BCUT2D eigenvalue weighted by Crippen LogP contribution is -2.31. The Morgan fingerprint density at radius 3 is 2.35 bits per heavy atom. The molecule has 9 heteroatoms. The maximum atomic E-state index is 13.1. The zero-order chi connectivity index (χ0) is 24.6. The molecule has 0 saturated heterocycles. The highest BCUT2D eigenvalue weighted by Crippen LogP contribution is 2.25. The SMILES string of the molecule is CCN(c1ccc(C(=O)NCCSCc2cccc(Cl)c2)cc1)S(=O)(=O)c1ccc(SC)cc1. The number of carbonyl (C=O) groups is 1. The van der Waals surface area contributed by atoms with Crippen molar-refractivity contribution in [3.8, 4) is 0 Å². The molecule has 0 atom stereocenters. The first kappa shape index (κ1) is 26.5. The number of carbonyl (C=O) groups excluding carboxylic acids is 1. The molecule has 1 N–H and O–H groups in total. The van der Waals surface area contributed by atoms with Crippen LogP contribution in [0.4, 0.5) is 5.69 Å². The van der Waals surface area contributed by atoms with Gasteiger partial charge in [0.05, 0.1) is 10.6 Å². The van der Waals surface area contributed by atoms with Gasteiger partial charge >= 0.3 is 0 Å². The maximum absolute atomic E-state index is 13.1. The number of halogens is 1. The lowest BCUT2D eigenvalue weighted by atomic mass is 10.2. The predicted molar refractivity (Wildman–Crippen MR) is 145 cm³/mol. The third kappa shape index (κ3) is 6.95. The molecular weight excluding hydrogens is 508 g/mol. The Hall–Kier alpha value is -2.13. The van der Waals surface area contributed by atoms with E-state index in [2.05, 4.69) is 5.32 Å². The number of hydrogen-bond acceptors (Lipinski definition) is 5. The summed E-state index contributed by atoms with van der Waals surface area (Å²) in [5, 5.41) is 3.63. The van der Waals surface area contributed by atoms with Crippen LogP contribution in [0.1, 0.15) is 22.8 Å². The molecule has 5 nitrogen and oxygen atoms in total. The first-order chi connectivity index (χ1) is 16.3. The van der Waals surface area contributed by atoms with Crippen LogP contribution in [0.3, 0.4) is 0 Å². The molecule has 0 radical (unpaired) electrons. The minimum absolute atomic E-state index is 0.187. The first-order valence-corrected chi connectivity index (χ1v) is 14.9. The van der Waals surface area contributed by atoms with Crippen molar-refractivity contribution < 1.29 is 13.2 Å². The maximum Gasteiger partial charge on any atom is 0.264 e. The Morgan fingerprint density at radius 1 is 1.03 bits per heavy atom. The van der Waals surface area contributed by atoms with E-state index in [4.69, 9.17) is 11.6 Å². The molecule has 34 heavy (non-hydrogen) atoms. The molecule has 0 aromatic heterocycles. The van der Waals surface area contributed by atoms with E-state index < -0.39 is 10.0 Å². The van der Waals surface area contributed by atoms with Gasteiger partial charge in [0, 0.05) is 40.1 Å². The molecule has 3 aromatic carbocycles. The highest BCUT2D eigenvalue weighted by atomic mass is 35.5. The van der Waals surface area contributed by atoms with E-state index in [1.54, 1.807) is 79.0 Å². The zero-order valence-electron chi connectivity index (χ0n) is 19.0. The second-order valence-electron chi connectivity index (χ2n) is 7.33. The van der Waals surface area contributed by atoms with E-state index >= 15 is 0 Å². The number of nitrogens with one attached hydrogen (secondary N) is 1. The fourth-order valence-electron chi connectivity index (χ4n) is 3.30. The molecule has 0 aliphatic heterocycles. The number of benzene rings is 3. The quantitative estimate of drug-likeness (QED) is 0.243. The third-order valence-electron chi connectivity index (χ3n) is 5.04. The average molecular weight is 535 g/mol. The molecule has 0 spiro atoms. The van der Waals surface area contributed by atoms with Crippen molar-refractivity contribution in [3.05, 3.63) is 88.9 Å². The number of amides is 1. The van der Waals surface area contributed by atoms with E-state index in [1.165, 1.54) is 4.31 Å². The summed E-state index contributed by atoms with van der Waals surface area (Å²) in [4.78, 5) is 13.7. The van der Waals surface area contributed by atoms with E-state index in [0.29, 0.717) is 17.8 Å². The molecule has 3 aromatic rings. The highest BCUT2D eigenvalue weighted by Gasteiger charge is 2.23. The minimum Gasteiger partial charge on any atom is -0.351 e. The zero-order valence-corrected chi connectivity index (χ0v) is 22.2. The number of rotatable bonds is 11. The van der Waals surface area contributed by atoms with Crippen molar-refractivity contribution in [2.24, 2.45) is 0 Å². The smallest absolute Gasteiger partial charge is 0.264 e. The molecule has 0 bridgehead atoms. The molecule has 0 aliphatic rings. The van der Waals surface area contributed by atoms with Crippen molar-refractivity contribution >= 4 is 56.7 Å². The third-order valence-corrected chi connectivity index (χ3v) is 8.97. The second kappa shape index (κ2) is 12.5. The number of sulfonamides is 1. The van der Waals surface area contributed by atoms with E-state index in [0.717, 1.165) is 27.0 Å². The molecule has 0 fully saturated rings. The summed E-state index contributed by atoms with van der Waals surface area (Å²) in [6.07, 6.45) is 1.94. The average Bonchev–Trinajstić information content (AvgIpc) is 2.84. The molecular formula is C25H27ClN2O3S3. The largest absolute Gasteiger partial charge is 0.351 e. The van der Waals surface area contributed by atoms with Gasteiger partial charge in [0.25, 0.3) is 15.9 Å². The molecule has 0 aliphatic carbocycles. The Balaban J connectivity index is 1.56. The van der Waals surface area contributed by atoms with Gasteiger partial charge in [-0.15, -0.1) is 11.8 Å². The normalized spacial score (nSPS) is 11.3. The molecule has 1 amide bonds. The van der Waals surface area contributed by atoms with Gasteiger partial charge in [-0.3, -0.25) is 9.10 Å². The van der Waals surface area contributed by atoms with E-state index in [9.17, 15) is 13.2 Å². The summed E-state index contributed by atoms with van der Waals surface area (Å²) in [7, 11) is -3.70. The summed E-state index contributed by atoms with van der Waals surface area (Å²) >= 11 is 9.27.